The lowest BCUT2D eigenvalue weighted by Gasteiger charge is -2.34. The Labute approximate surface area is 153 Å². The summed E-state index contributed by atoms with van der Waals surface area (Å²) < 4.78 is 11.2. The molecular formula is C19H24ClN3O2. The predicted octanol–water partition coefficient (Wildman–Crippen LogP) is 4.60. The number of aromatic nitrogens is 2. The van der Waals surface area contributed by atoms with E-state index in [0.717, 1.165) is 35.8 Å². The second-order valence-electron chi connectivity index (χ2n) is 7.32. The van der Waals surface area contributed by atoms with E-state index in [2.05, 4.69) is 43.0 Å². The average molecular weight is 362 g/mol. The van der Waals surface area contributed by atoms with Gasteiger partial charge in [-0.3, -0.25) is 0 Å². The predicted molar refractivity (Wildman–Crippen MR) is 99.1 cm³/mol. The first-order valence-corrected chi connectivity index (χ1v) is 8.59. The Bertz CT molecular complexity index is 893. The third-order valence-corrected chi connectivity index (χ3v) is 5.17. The van der Waals surface area contributed by atoms with Crippen molar-refractivity contribution in [2.75, 3.05) is 0 Å². The molecule has 0 amide bonds. The molecule has 1 aliphatic rings. The minimum Gasteiger partial charge on any atom is -0.464 e. The molecule has 0 spiro atoms. The van der Waals surface area contributed by atoms with Gasteiger partial charge in [0.05, 0.1) is 18.2 Å². The summed E-state index contributed by atoms with van der Waals surface area (Å²) >= 11 is 0. The summed E-state index contributed by atoms with van der Waals surface area (Å²) in [6.45, 7) is 6.54. The Morgan fingerprint density at radius 1 is 1.28 bits per heavy atom. The second kappa shape index (κ2) is 6.46. The van der Waals surface area contributed by atoms with E-state index < -0.39 is 0 Å². The molecule has 1 saturated carbocycles. The monoisotopic (exact) mass is 361 g/mol. The summed E-state index contributed by atoms with van der Waals surface area (Å²) in [5.74, 6) is 1.70. The number of halogens is 1. The molecule has 134 valence electrons. The maximum atomic E-state index is 6.27. The fraction of sp³-hybridized carbons (Fsp3) is 0.474. The number of aryl methyl sites for hydroxylation is 1. The van der Waals surface area contributed by atoms with Gasteiger partial charge in [-0.2, -0.15) is 4.98 Å². The van der Waals surface area contributed by atoms with E-state index in [-0.39, 0.29) is 17.9 Å². The molecule has 0 bridgehead atoms. The summed E-state index contributed by atoms with van der Waals surface area (Å²) in [5.41, 5.74) is 10.5. The molecule has 1 fully saturated rings. The van der Waals surface area contributed by atoms with Gasteiger partial charge in [0.25, 0.3) is 0 Å². The van der Waals surface area contributed by atoms with Gasteiger partial charge < -0.3 is 14.7 Å². The lowest BCUT2D eigenvalue weighted by molar-refractivity contribution is 0.229. The molecule has 0 aliphatic heterocycles. The molecule has 0 saturated heterocycles. The van der Waals surface area contributed by atoms with Gasteiger partial charge in [0, 0.05) is 10.9 Å². The topological polar surface area (TPSA) is 78.1 Å². The zero-order valence-electron chi connectivity index (χ0n) is 14.8. The Morgan fingerprint density at radius 2 is 2.04 bits per heavy atom. The van der Waals surface area contributed by atoms with Crippen molar-refractivity contribution in [2.24, 2.45) is 5.73 Å². The number of fused-ring (bicyclic) bond motifs is 1. The summed E-state index contributed by atoms with van der Waals surface area (Å²) in [4.78, 5) is 4.52. The normalized spacial score (nSPS) is 16.0. The van der Waals surface area contributed by atoms with Crippen LogP contribution in [-0.4, -0.2) is 10.1 Å². The first kappa shape index (κ1) is 18.0. The molecule has 2 heterocycles. The van der Waals surface area contributed by atoms with Crippen molar-refractivity contribution >= 4 is 23.4 Å². The molecule has 0 unspecified atom stereocenters. The van der Waals surface area contributed by atoms with Gasteiger partial charge in [0.2, 0.25) is 5.89 Å². The van der Waals surface area contributed by atoms with Gasteiger partial charge in [-0.05, 0) is 55.4 Å². The fourth-order valence-electron chi connectivity index (χ4n) is 3.48. The summed E-state index contributed by atoms with van der Waals surface area (Å²) in [7, 11) is 0. The van der Waals surface area contributed by atoms with Gasteiger partial charge >= 0.3 is 0 Å². The molecular weight excluding hydrogens is 338 g/mol. The van der Waals surface area contributed by atoms with Crippen molar-refractivity contribution in [2.45, 2.75) is 57.9 Å². The van der Waals surface area contributed by atoms with Gasteiger partial charge in [0.15, 0.2) is 5.82 Å². The number of nitrogens with two attached hydrogens (primary N) is 1. The van der Waals surface area contributed by atoms with Crippen molar-refractivity contribution in [3.63, 3.8) is 0 Å². The summed E-state index contributed by atoms with van der Waals surface area (Å²) in [6, 6.07) is 4.33. The molecule has 1 aliphatic carbocycles. The Kier molecular flexibility index (Phi) is 4.64. The van der Waals surface area contributed by atoms with Crippen molar-refractivity contribution < 1.29 is 8.94 Å². The summed E-state index contributed by atoms with van der Waals surface area (Å²) in [5, 5.41) is 5.21. The number of benzene rings is 1. The van der Waals surface area contributed by atoms with Gasteiger partial charge in [-0.15, -0.1) is 12.4 Å². The van der Waals surface area contributed by atoms with Crippen LogP contribution in [0.2, 0.25) is 0 Å². The smallest absolute Gasteiger partial charge is 0.231 e. The highest BCUT2D eigenvalue weighted by Gasteiger charge is 2.39. The van der Waals surface area contributed by atoms with Crippen LogP contribution in [0, 0.1) is 6.92 Å². The van der Waals surface area contributed by atoms with E-state index in [4.69, 9.17) is 14.7 Å². The quantitative estimate of drug-likeness (QED) is 0.734. The maximum absolute atomic E-state index is 6.27. The van der Waals surface area contributed by atoms with Crippen LogP contribution in [0.3, 0.4) is 0 Å². The molecule has 3 aromatic rings. The highest BCUT2D eigenvalue weighted by Crippen LogP contribution is 2.37. The van der Waals surface area contributed by atoms with Crippen LogP contribution in [0.1, 0.15) is 67.4 Å². The second-order valence-corrected chi connectivity index (χ2v) is 7.32. The largest absolute Gasteiger partial charge is 0.464 e. The highest BCUT2D eigenvalue weighted by molar-refractivity contribution is 5.85. The molecule has 6 heteroatoms. The Morgan fingerprint density at radius 3 is 2.68 bits per heavy atom. The first-order chi connectivity index (χ1) is 11.5. The van der Waals surface area contributed by atoms with Gasteiger partial charge in [-0.25, -0.2) is 0 Å². The van der Waals surface area contributed by atoms with Gasteiger partial charge in [0.1, 0.15) is 5.58 Å². The van der Waals surface area contributed by atoms with E-state index in [1.165, 1.54) is 11.1 Å². The van der Waals surface area contributed by atoms with E-state index in [0.29, 0.717) is 24.1 Å². The lowest BCUT2D eigenvalue weighted by atomic mass is 9.77. The van der Waals surface area contributed by atoms with Crippen LogP contribution in [-0.2, 0) is 12.0 Å². The van der Waals surface area contributed by atoms with Crippen LogP contribution >= 0.6 is 12.4 Å². The third kappa shape index (κ3) is 3.07. The van der Waals surface area contributed by atoms with Crippen molar-refractivity contribution in [3.8, 4) is 0 Å². The zero-order chi connectivity index (χ0) is 16.9. The van der Waals surface area contributed by atoms with Crippen molar-refractivity contribution in [1.82, 2.24) is 10.1 Å². The zero-order valence-corrected chi connectivity index (χ0v) is 15.7. The summed E-state index contributed by atoms with van der Waals surface area (Å²) in [6.07, 6.45) is 5.34. The Hall–Kier alpha value is -1.85. The number of hydrogen-bond donors (Lipinski definition) is 1. The molecule has 2 N–H and O–H groups in total. The van der Waals surface area contributed by atoms with E-state index in [1.807, 2.05) is 0 Å². The molecule has 0 radical (unpaired) electrons. The van der Waals surface area contributed by atoms with Crippen LogP contribution in [0.4, 0.5) is 0 Å². The maximum Gasteiger partial charge on any atom is 0.231 e. The van der Waals surface area contributed by atoms with Crippen LogP contribution < -0.4 is 5.73 Å². The van der Waals surface area contributed by atoms with Crippen LogP contribution in [0.25, 0.3) is 11.0 Å². The Balaban J connectivity index is 0.00000182. The molecule has 2 aromatic heterocycles. The van der Waals surface area contributed by atoms with Gasteiger partial charge in [-0.1, -0.05) is 19.0 Å². The standard InChI is InChI=1S/C19H23N3O2.ClH/c1-11(2)14-9-15-13(10-23-16(15)7-12(14)3)8-17-21-18(22-24-17)19(20)5-4-6-19;/h7,9-11H,4-6,8,20H2,1-3H3;1H. The number of rotatable bonds is 4. The highest BCUT2D eigenvalue weighted by atomic mass is 35.5. The average Bonchev–Trinajstić information content (AvgIpc) is 3.12. The molecule has 1 aromatic carbocycles. The first-order valence-electron chi connectivity index (χ1n) is 8.59. The number of nitrogens with zero attached hydrogens (tertiary/aromatic N) is 2. The van der Waals surface area contributed by atoms with E-state index in [1.54, 1.807) is 6.26 Å². The minimum absolute atomic E-state index is 0. The van der Waals surface area contributed by atoms with Crippen molar-refractivity contribution in [1.29, 1.82) is 0 Å². The SMILES string of the molecule is Cc1cc2occ(Cc3nc(C4(N)CCC4)no3)c2cc1C(C)C.Cl. The van der Waals surface area contributed by atoms with Crippen molar-refractivity contribution in [3.05, 3.63) is 46.8 Å². The molecule has 4 rings (SSSR count). The number of furan rings is 1. The van der Waals surface area contributed by atoms with E-state index in [9.17, 15) is 0 Å². The molecule has 25 heavy (non-hydrogen) atoms. The van der Waals surface area contributed by atoms with Crippen LogP contribution in [0.15, 0.2) is 27.3 Å². The number of hydrogen-bond acceptors (Lipinski definition) is 5. The van der Waals surface area contributed by atoms with Crippen LogP contribution in [0.5, 0.6) is 0 Å². The molecule has 5 nitrogen and oxygen atoms in total. The van der Waals surface area contributed by atoms with E-state index >= 15 is 0 Å². The molecule has 0 atom stereocenters. The minimum atomic E-state index is -0.387. The fourth-order valence-corrected chi connectivity index (χ4v) is 3.48. The lowest BCUT2D eigenvalue weighted by Crippen LogP contribution is -2.44. The third-order valence-electron chi connectivity index (χ3n) is 5.17.